The Hall–Kier alpha value is -2.36. The Morgan fingerprint density at radius 2 is 2.07 bits per heavy atom. The first-order valence-corrected chi connectivity index (χ1v) is 8.60. The molecular weight excluding hydrogens is 378 g/mol. The molecule has 0 aliphatic carbocycles. The molecule has 0 aromatic heterocycles. The number of benzene rings is 1. The summed E-state index contributed by atoms with van der Waals surface area (Å²) in [6.07, 6.45) is 1.44. The first-order chi connectivity index (χ1) is 13.0. The van der Waals surface area contributed by atoms with Crippen molar-refractivity contribution in [2.75, 3.05) is 53.7 Å². The van der Waals surface area contributed by atoms with Crippen molar-refractivity contribution >= 4 is 29.7 Å². The second kappa shape index (κ2) is 10.7. The first-order valence-electron chi connectivity index (χ1n) is 8.22. The van der Waals surface area contributed by atoms with Gasteiger partial charge in [-0.15, -0.1) is 0 Å². The van der Waals surface area contributed by atoms with Crippen molar-refractivity contribution in [1.29, 1.82) is 0 Å². The molecule has 0 bridgehead atoms. The highest BCUT2D eigenvalue weighted by Gasteiger charge is 2.15. The molecule has 1 aromatic carbocycles. The van der Waals surface area contributed by atoms with Gasteiger partial charge in [0.1, 0.15) is 0 Å². The van der Waals surface area contributed by atoms with Crippen LogP contribution in [0.5, 0.6) is 11.5 Å². The average molecular weight is 400 g/mol. The van der Waals surface area contributed by atoms with Crippen molar-refractivity contribution in [3.8, 4) is 11.5 Å². The summed E-state index contributed by atoms with van der Waals surface area (Å²) in [4.78, 5) is 25.1. The second-order valence-corrected chi connectivity index (χ2v) is 5.99. The van der Waals surface area contributed by atoms with E-state index in [4.69, 9.17) is 25.8 Å². The lowest BCUT2D eigenvalue weighted by atomic mass is 10.2. The highest BCUT2D eigenvalue weighted by atomic mass is 35.5. The summed E-state index contributed by atoms with van der Waals surface area (Å²) in [7, 11) is 2.71. The average Bonchev–Trinajstić information content (AvgIpc) is 2.67. The van der Waals surface area contributed by atoms with Crippen LogP contribution in [0.3, 0.4) is 0 Å². The van der Waals surface area contributed by atoms with Gasteiger partial charge < -0.3 is 18.9 Å². The summed E-state index contributed by atoms with van der Waals surface area (Å²) in [5.74, 6) is -0.212. The SMILES string of the molecule is COC(=O)COc1c(Cl)cc(/C=N/NC(=O)CN2CCOCC2)cc1OC. The molecule has 1 aliphatic rings. The second-order valence-electron chi connectivity index (χ2n) is 5.58. The number of esters is 1. The number of amides is 1. The number of hydrogen-bond donors (Lipinski definition) is 1. The van der Waals surface area contributed by atoms with Gasteiger partial charge in [0.15, 0.2) is 18.1 Å². The number of ether oxygens (including phenoxy) is 4. The molecule has 0 radical (unpaired) electrons. The number of carbonyl (C=O) groups excluding carboxylic acids is 2. The number of nitrogens with one attached hydrogen (secondary N) is 1. The Morgan fingerprint density at radius 1 is 1.33 bits per heavy atom. The smallest absolute Gasteiger partial charge is 0.343 e. The standard InChI is InChI=1S/C17H22ClN3O6/c1-24-14-8-12(7-13(18)17(14)27-11-16(23)25-2)9-19-20-15(22)10-21-3-5-26-6-4-21/h7-9H,3-6,10-11H2,1-2H3,(H,20,22)/b19-9+. The number of morpholine rings is 1. The molecule has 0 atom stereocenters. The molecule has 0 spiro atoms. The number of carbonyl (C=O) groups is 2. The van der Waals surface area contributed by atoms with Gasteiger partial charge in [-0.25, -0.2) is 10.2 Å². The third kappa shape index (κ3) is 6.70. The molecule has 1 heterocycles. The Balaban J connectivity index is 1.95. The Bertz CT molecular complexity index is 691. The van der Waals surface area contributed by atoms with Gasteiger partial charge in [-0.05, 0) is 17.7 Å². The van der Waals surface area contributed by atoms with Crippen molar-refractivity contribution in [1.82, 2.24) is 10.3 Å². The van der Waals surface area contributed by atoms with Crippen molar-refractivity contribution in [3.63, 3.8) is 0 Å². The van der Waals surface area contributed by atoms with E-state index < -0.39 is 5.97 Å². The number of nitrogens with zero attached hydrogens (tertiary/aromatic N) is 2. The molecule has 1 amide bonds. The minimum absolute atomic E-state index is 0.218. The third-order valence-corrected chi connectivity index (χ3v) is 3.97. The summed E-state index contributed by atoms with van der Waals surface area (Å²) in [5, 5.41) is 4.16. The molecule has 1 aliphatic heterocycles. The number of rotatable bonds is 8. The molecule has 1 N–H and O–H groups in total. The summed E-state index contributed by atoms with van der Waals surface area (Å²) < 4.78 is 20.3. The lowest BCUT2D eigenvalue weighted by Gasteiger charge is -2.25. The van der Waals surface area contributed by atoms with E-state index in [1.807, 2.05) is 4.90 Å². The van der Waals surface area contributed by atoms with Gasteiger partial charge in [0.25, 0.3) is 5.91 Å². The fourth-order valence-electron chi connectivity index (χ4n) is 2.32. The summed E-state index contributed by atoms with van der Waals surface area (Å²) in [6, 6.07) is 3.20. The third-order valence-electron chi connectivity index (χ3n) is 3.69. The zero-order valence-corrected chi connectivity index (χ0v) is 16.0. The number of hydrazone groups is 1. The Labute approximate surface area is 162 Å². The van der Waals surface area contributed by atoms with Crippen LogP contribution < -0.4 is 14.9 Å². The highest BCUT2D eigenvalue weighted by molar-refractivity contribution is 6.32. The molecule has 1 saturated heterocycles. The van der Waals surface area contributed by atoms with Crippen LogP contribution in [0.2, 0.25) is 5.02 Å². The van der Waals surface area contributed by atoms with Crippen LogP contribution in [0.15, 0.2) is 17.2 Å². The predicted octanol–water partition coefficient (Wildman–Crippen LogP) is 0.683. The van der Waals surface area contributed by atoms with Crippen LogP contribution in [0, 0.1) is 0 Å². The molecule has 148 valence electrons. The molecule has 27 heavy (non-hydrogen) atoms. The Morgan fingerprint density at radius 3 is 2.74 bits per heavy atom. The van der Waals surface area contributed by atoms with Crippen molar-refractivity contribution < 1.29 is 28.5 Å². The fraction of sp³-hybridized carbons (Fsp3) is 0.471. The van der Waals surface area contributed by atoms with E-state index in [2.05, 4.69) is 15.3 Å². The van der Waals surface area contributed by atoms with Gasteiger partial charge in [0.05, 0.1) is 45.2 Å². The van der Waals surface area contributed by atoms with Crippen LogP contribution in [0.25, 0.3) is 0 Å². The van der Waals surface area contributed by atoms with Gasteiger partial charge in [-0.3, -0.25) is 9.69 Å². The molecule has 10 heteroatoms. The van der Waals surface area contributed by atoms with Gasteiger partial charge in [0, 0.05) is 13.1 Å². The fourth-order valence-corrected chi connectivity index (χ4v) is 2.59. The van der Waals surface area contributed by atoms with E-state index in [9.17, 15) is 9.59 Å². The van der Waals surface area contributed by atoms with Gasteiger partial charge in [-0.1, -0.05) is 11.6 Å². The maximum Gasteiger partial charge on any atom is 0.343 e. The summed E-state index contributed by atoms with van der Waals surface area (Å²) in [6.45, 7) is 2.65. The maximum absolute atomic E-state index is 11.9. The largest absolute Gasteiger partial charge is 0.493 e. The lowest BCUT2D eigenvalue weighted by molar-refractivity contribution is -0.142. The lowest BCUT2D eigenvalue weighted by Crippen LogP contribution is -2.42. The number of halogens is 1. The van der Waals surface area contributed by atoms with Crippen LogP contribution >= 0.6 is 11.6 Å². The topological polar surface area (TPSA) is 98.7 Å². The first kappa shape index (κ1) is 20.9. The van der Waals surface area contributed by atoms with Crippen LogP contribution in [0.4, 0.5) is 0 Å². The summed E-state index contributed by atoms with van der Waals surface area (Å²) >= 11 is 6.19. The molecule has 2 rings (SSSR count). The molecule has 9 nitrogen and oxygen atoms in total. The van der Waals surface area contributed by atoms with E-state index in [1.54, 1.807) is 12.1 Å². The van der Waals surface area contributed by atoms with Crippen molar-refractivity contribution in [2.24, 2.45) is 5.10 Å². The van der Waals surface area contributed by atoms with Crippen molar-refractivity contribution in [2.45, 2.75) is 0 Å². The Kier molecular flexibility index (Phi) is 8.31. The van der Waals surface area contributed by atoms with E-state index in [-0.39, 0.29) is 29.8 Å². The summed E-state index contributed by atoms with van der Waals surface area (Å²) in [5.41, 5.74) is 3.06. The zero-order valence-electron chi connectivity index (χ0n) is 15.2. The van der Waals surface area contributed by atoms with E-state index in [0.29, 0.717) is 24.5 Å². The quantitative estimate of drug-likeness (QED) is 0.390. The predicted molar refractivity (Wildman–Crippen MR) is 98.5 cm³/mol. The van der Waals surface area contributed by atoms with Crippen LogP contribution in [0.1, 0.15) is 5.56 Å². The maximum atomic E-state index is 11.9. The van der Waals surface area contributed by atoms with Gasteiger partial charge >= 0.3 is 5.97 Å². The zero-order chi connectivity index (χ0) is 19.6. The molecule has 1 fully saturated rings. The minimum Gasteiger partial charge on any atom is -0.493 e. The normalized spacial score (nSPS) is 14.8. The van der Waals surface area contributed by atoms with Crippen LogP contribution in [-0.2, 0) is 19.1 Å². The molecule has 1 aromatic rings. The van der Waals surface area contributed by atoms with Crippen molar-refractivity contribution in [3.05, 3.63) is 22.7 Å². The monoisotopic (exact) mass is 399 g/mol. The van der Waals surface area contributed by atoms with Gasteiger partial charge in [0.2, 0.25) is 0 Å². The van der Waals surface area contributed by atoms with E-state index in [0.717, 1.165) is 13.1 Å². The molecule has 0 saturated carbocycles. The highest BCUT2D eigenvalue weighted by Crippen LogP contribution is 2.36. The van der Waals surface area contributed by atoms with E-state index in [1.165, 1.54) is 20.4 Å². The molecular formula is C17H22ClN3O6. The molecule has 0 unspecified atom stereocenters. The van der Waals surface area contributed by atoms with Gasteiger partial charge in [-0.2, -0.15) is 5.10 Å². The number of hydrogen-bond acceptors (Lipinski definition) is 8. The number of methoxy groups -OCH3 is 2. The van der Waals surface area contributed by atoms with Crippen LogP contribution in [-0.4, -0.2) is 76.7 Å². The minimum atomic E-state index is -0.540. The van der Waals surface area contributed by atoms with E-state index >= 15 is 0 Å².